The summed E-state index contributed by atoms with van der Waals surface area (Å²) in [5, 5.41) is 10.1. The van der Waals surface area contributed by atoms with Crippen molar-refractivity contribution >= 4 is 58.9 Å². The molecule has 1 heterocycles. The van der Waals surface area contributed by atoms with Crippen molar-refractivity contribution in [2.75, 3.05) is 5.73 Å². The predicted octanol–water partition coefficient (Wildman–Crippen LogP) is 5.01. The lowest BCUT2D eigenvalue weighted by molar-refractivity contribution is 1.08. The van der Waals surface area contributed by atoms with Crippen molar-refractivity contribution in [3.8, 4) is 11.3 Å². The van der Waals surface area contributed by atoms with Crippen molar-refractivity contribution in [2.24, 2.45) is 10.7 Å². The molecule has 1 aliphatic carbocycles. The molecule has 0 bridgehead atoms. The van der Waals surface area contributed by atoms with Gasteiger partial charge in [-0.2, -0.15) is 4.98 Å². The molecular weight excluding hydrogens is 431 g/mol. The van der Waals surface area contributed by atoms with Crippen LogP contribution in [0.3, 0.4) is 0 Å². The van der Waals surface area contributed by atoms with Gasteiger partial charge in [-0.15, -0.1) is 24.8 Å². The molecule has 8 heteroatoms. The molecule has 0 radical (unpaired) electrons. The Bertz CT molecular complexity index is 1310. The fraction of sp³-hybridized carbons (Fsp3) is 0.0870. The first kappa shape index (κ1) is 22.3. The van der Waals surface area contributed by atoms with E-state index < -0.39 is 0 Å². The number of fused-ring (bicyclic) bond motifs is 2. The molecular formula is C23H22Cl2N6. The number of nitrogens with zero attached hydrogens (tertiary/aromatic N) is 2. The standard InChI is InChI=1S/C23H20N6.2ClH/c24-21(25)18-7-3-6-17-16(18)10-11-19(17)27-22-20(28-23(26)29-22)15-9-8-13-4-1-2-5-14(13)12-15;;/h1-9,12H,10-11H2,(H3,24,25)(H3,26,28,29);2*1H. The molecule has 0 saturated heterocycles. The molecule has 0 amide bonds. The molecule has 0 spiro atoms. The molecule has 0 aliphatic heterocycles. The fourth-order valence-corrected chi connectivity index (χ4v) is 4.01. The van der Waals surface area contributed by atoms with E-state index in [0.29, 0.717) is 11.8 Å². The van der Waals surface area contributed by atoms with Crippen LogP contribution in [0.2, 0.25) is 0 Å². The molecule has 0 fully saturated rings. The van der Waals surface area contributed by atoms with E-state index in [1.165, 1.54) is 5.39 Å². The second-order valence-electron chi connectivity index (χ2n) is 7.19. The van der Waals surface area contributed by atoms with Gasteiger partial charge in [-0.1, -0.05) is 54.6 Å². The summed E-state index contributed by atoms with van der Waals surface area (Å²) in [7, 11) is 0. The van der Waals surface area contributed by atoms with Gasteiger partial charge in [-0.3, -0.25) is 5.41 Å². The second kappa shape index (κ2) is 8.79. The number of aromatic amines is 1. The predicted molar refractivity (Wildman–Crippen MR) is 132 cm³/mol. The Morgan fingerprint density at radius 2 is 1.74 bits per heavy atom. The molecule has 5 rings (SSSR count). The zero-order valence-corrected chi connectivity index (χ0v) is 18.2. The number of halogens is 2. The highest BCUT2D eigenvalue weighted by atomic mass is 35.5. The van der Waals surface area contributed by atoms with Crippen LogP contribution in [0.4, 0.5) is 11.8 Å². The number of H-pyrrole nitrogens is 1. The van der Waals surface area contributed by atoms with Crippen LogP contribution >= 0.6 is 24.8 Å². The van der Waals surface area contributed by atoms with E-state index in [1.807, 2.05) is 30.3 Å². The summed E-state index contributed by atoms with van der Waals surface area (Å²) in [5.74, 6) is 1.00. The van der Waals surface area contributed by atoms with Gasteiger partial charge in [0.1, 0.15) is 5.84 Å². The maximum Gasteiger partial charge on any atom is 0.200 e. The lowest BCUT2D eigenvalue weighted by Crippen LogP contribution is -2.13. The number of aromatic nitrogens is 2. The van der Waals surface area contributed by atoms with Crippen molar-refractivity contribution < 1.29 is 0 Å². The van der Waals surface area contributed by atoms with Gasteiger partial charge >= 0.3 is 0 Å². The average Bonchev–Trinajstić information content (AvgIpc) is 3.31. The smallest absolute Gasteiger partial charge is 0.200 e. The Labute approximate surface area is 192 Å². The summed E-state index contributed by atoms with van der Waals surface area (Å²) in [6.07, 6.45) is 1.60. The van der Waals surface area contributed by atoms with Crippen LogP contribution in [-0.4, -0.2) is 21.5 Å². The topological polar surface area (TPSA) is 117 Å². The van der Waals surface area contributed by atoms with Crippen LogP contribution in [0.5, 0.6) is 0 Å². The van der Waals surface area contributed by atoms with Crippen molar-refractivity contribution in [3.63, 3.8) is 0 Å². The molecule has 0 saturated carbocycles. The first-order valence-corrected chi connectivity index (χ1v) is 9.49. The maximum absolute atomic E-state index is 7.81. The first-order valence-electron chi connectivity index (χ1n) is 9.49. The molecule has 0 unspecified atom stereocenters. The van der Waals surface area contributed by atoms with Crippen LogP contribution in [0.25, 0.3) is 22.0 Å². The number of rotatable bonds is 3. The third kappa shape index (κ3) is 4.00. The van der Waals surface area contributed by atoms with Crippen molar-refractivity contribution in [1.29, 1.82) is 5.41 Å². The maximum atomic E-state index is 7.81. The molecule has 4 aromatic rings. The Hall–Kier alpha value is -3.35. The highest BCUT2D eigenvalue weighted by Gasteiger charge is 2.22. The number of nitrogens with two attached hydrogens (primary N) is 2. The molecule has 0 atom stereocenters. The van der Waals surface area contributed by atoms with Crippen LogP contribution in [0, 0.1) is 5.41 Å². The van der Waals surface area contributed by atoms with E-state index in [9.17, 15) is 0 Å². The highest BCUT2D eigenvalue weighted by molar-refractivity contribution is 6.09. The second-order valence-corrected chi connectivity index (χ2v) is 7.19. The Morgan fingerprint density at radius 3 is 2.52 bits per heavy atom. The minimum absolute atomic E-state index is 0. The lowest BCUT2D eigenvalue weighted by atomic mass is 10.0. The minimum Gasteiger partial charge on any atom is -0.384 e. The van der Waals surface area contributed by atoms with Crippen LogP contribution in [0.1, 0.15) is 23.1 Å². The largest absolute Gasteiger partial charge is 0.384 e. The SMILES string of the molecule is Cl.Cl.N=C(N)c1cccc2c1CCC2=Nc1nc(N)[nH]c1-c1ccc2ccccc2c1. The zero-order valence-electron chi connectivity index (χ0n) is 16.6. The van der Waals surface area contributed by atoms with E-state index >= 15 is 0 Å². The normalized spacial score (nSPS) is 13.5. The molecule has 6 nitrogen and oxygen atoms in total. The third-order valence-electron chi connectivity index (χ3n) is 5.37. The number of amidine groups is 1. The van der Waals surface area contributed by atoms with E-state index in [-0.39, 0.29) is 30.6 Å². The summed E-state index contributed by atoms with van der Waals surface area (Å²) >= 11 is 0. The van der Waals surface area contributed by atoms with Crippen molar-refractivity contribution in [3.05, 3.63) is 77.4 Å². The highest BCUT2D eigenvalue weighted by Crippen LogP contribution is 2.34. The summed E-state index contributed by atoms with van der Waals surface area (Å²) in [6, 6.07) is 20.3. The summed E-state index contributed by atoms with van der Waals surface area (Å²) in [5.41, 5.74) is 17.3. The quantitative estimate of drug-likeness (QED) is 0.258. The number of nitrogens with one attached hydrogen (secondary N) is 2. The Kier molecular flexibility index (Phi) is 6.34. The first-order chi connectivity index (χ1) is 14.1. The van der Waals surface area contributed by atoms with Gasteiger partial charge in [0.25, 0.3) is 0 Å². The molecule has 6 N–H and O–H groups in total. The number of anilines is 1. The number of aliphatic imine (C=N–C) groups is 1. The van der Waals surface area contributed by atoms with Crippen LogP contribution < -0.4 is 11.5 Å². The average molecular weight is 453 g/mol. The van der Waals surface area contributed by atoms with Gasteiger partial charge in [0.2, 0.25) is 0 Å². The molecule has 3 aromatic carbocycles. The molecule has 1 aromatic heterocycles. The van der Waals surface area contributed by atoms with E-state index in [1.54, 1.807) is 0 Å². The number of benzene rings is 3. The van der Waals surface area contributed by atoms with Gasteiger partial charge in [-0.05, 0) is 40.8 Å². The lowest BCUT2D eigenvalue weighted by Gasteiger charge is -2.06. The summed E-state index contributed by atoms with van der Waals surface area (Å²) in [6.45, 7) is 0. The van der Waals surface area contributed by atoms with Gasteiger partial charge in [0.05, 0.1) is 11.4 Å². The van der Waals surface area contributed by atoms with Gasteiger partial charge < -0.3 is 16.5 Å². The van der Waals surface area contributed by atoms with Gasteiger partial charge in [0, 0.05) is 11.1 Å². The molecule has 158 valence electrons. The summed E-state index contributed by atoms with van der Waals surface area (Å²) in [4.78, 5) is 12.4. The Balaban J connectivity index is 0.00000136. The number of nitrogen functional groups attached to an aromatic ring is 2. The number of imidazole rings is 1. The van der Waals surface area contributed by atoms with Gasteiger partial charge in [0.15, 0.2) is 11.8 Å². The number of hydrogen-bond donors (Lipinski definition) is 4. The zero-order chi connectivity index (χ0) is 20.0. The number of hydrogen-bond acceptors (Lipinski definition) is 4. The van der Waals surface area contributed by atoms with E-state index in [0.717, 1.165) is 51.9 Å². The molecule has 1 aliphatic rings. The van der Waals surface area contributed by atoms with Crippen LogP contribution in [-0.2, 0) is 6.42 Å². The van der Waals surface area contributed by atoms with E-state index in [4.69, 9.17) is 21.9 Å². The minimum atomic E-state index is 0. The molecule has 31 heavy (non-hydrogen) atoms. The van der Waals surface area contributed by atoms with E-state index in [2.05, 4.69) is 40.3 Å². The Morgan fingerprint density at radius 1 is 0.968 bits per heavy atom. The van der Waals surface area contributed by atoms with Crippen molar-refractivity contribution in [2.45, 2.75) is 12.8 Å². The van der Waals surface area contributed by atoms with Gasteiger partial charge in [-0.25, -0.2) is 4.99 Å². The fourth-order valence-electron chi connectivity index (χ4n) is 4.01. The summed E-state index contributed by atoms with van der Waals surface area (Å²) < 4.78 is 0. The van der Waals surface area contributed by atoms with Crippen LogP contribution in [0.15, 0.2) is 65.7 Å². The third-order valence-corrected chi connectivity index (χ3v) is 5.37. The monoisotopic (exact) mass is 452 g/mol. The van der Waals surface area contributed by atoms with Crippen molar-refractivity contribution in [1.82, 2.24) is 9.97 Å².